The Balaban J connectivity index is 1.60. The Morgan fingerprint density at radius 1 is 1.10 bits per heavy atom. The number of nitrogens with zero attached hydrogens (tertiary/aromatic N) is 4. The lowest BCUT2D eigenvalue weighted by molar-refractivity contribution is 0.0240. The van der Waals surface area contributed by atoms with E-state index >= 15 is 0 Å². The maximum absolute atomic E-state index is 13.0. The van der Waals surface area contributed by atoms with Crippen LogP contribution in [0.25, 0.3) is 11.1 Å². The molecule has 39 heavy (non-hydrogen) atoms. The van der Waals surface area contributed by atoms with E-state index in [1.54, 1.807) is 4.90 Å². The molecule has 0 radical (unpaired) electrons. The number of esters is 1. The van der Waals surface area contributed by atoms with E-state index < -0.39 is 5.60 Å². The first-order valence-corrected chi connectivity index (χ1v) is 13.9. The zero-order chi connectivity index (χ0) is 28.2. The van der Waals surface area contributed by atoms with Crippen molar-refractivity contribution in [1.82, 2.24) is 9.88 Å². The number of carbonyl (C=O) groups is 2. The lowest BCUT2D eigenvalue weighted by atomic mass is 9.94. The first kappa shape index (κ1) is 28.7. The van der Waals surface area contributed by atoms with Crippen LogP contribution in [0.4, 0.5) is 16.3 Å². The maximum Gasteiger partial charge on any atom is 0.410 e. The molecule has 1 amide bonds. The van der Waals surface area contributed by atoms with Gasteiger partial charge in [-0.3, -0.25) is 0 Å². The largest absolute Gasteiger partial charge is 0.465 e. The van der Waals surface area contributed by atoms with Gasteiger partial charge in [0.25, 0.3) is 0 Å². The molecular formula is C30H42N4O5. The van der Waals surface area contributed by atoms with Gasteiger partial charge in [0.15, 0.2) is 0 Å². The number of anilines is 2. The number of piperazine rings is 1. The quantitative estimate of drug-likeness (QED) is 0.480. The molecule has 2 aromatic rings. The molecule has 0 unspecified atom stereocenters. The van der Waals surface area contributed by atoms with E-state index in [0.717, 1.165) is 60.8 Å². The molecule has 2 aliphatic heterocycles. The van der Waals surface area contributed by atoms with Crippen molar-refractivity contribution < 1.29 is 23.8 Å². The summed E-state index contributed by atoms with van der Waals surface area (Å²) in [6, 6.07) is 8.41. The minimum absolute atomic E-state index is 0.280. The molecule has 0 aliphatic carbocycles. The number of amides is 1. The summed E-state index contributed by atoms with van der Waals surface area (Å²) in [4.78, 5) is 36.5. The standard InChI is InChI=1S/C30H42N4O5/c1-7-34(23-10-16-38-17-11-23)25-19-21(2)18-24(28(35)37-6)27(25)22-8-9-26(31-20-22)32-12-14-33(15-13-32)29(36)39-30(3,4)5/h8-9,18-20,23H,7,10-17H2,1-6H3. The van der Waals surface area contributed by atoms with Gasteiger partial charge in [0, 0.05) is 75.0 Å². The van der Waals surface area contributed by atoms with Crippen molar-refractivity contribution in [2.24, 2.45) is 0 Å². The minimum Gasteiger partial charge on any atom is -0.465 e. The van der Waals surface area contributed by atoms with Gasteiger partial charge in [-0.25, -0.2) is 14.6 Å². The van der Waals surface area contributed by atoms with E-state index in [4.69, 9.17) is 19.2 Å². The highest BCUT2D eigenvalue weighted by Crippen LogP contribution is 2.38. The molecule has 1 aromatic carbocycles. The van der Waals surface area contributed by atoms with Gasteiger partial charge >= 0.3 is 12.1 Å². The predicted octanol–water partition coefficient (Wildman–Crippen LogP) is 4.91. The van der Waals surface area contributed by atoms with Crippen molar-refractivity contribution >= 4 is 23.6 Å². The van der Waals surface area contributed by atoms with E-state index in [1.807, 2.05) is 52.1 Å². The number of aromatic nitrogens is 1. The number of aryl methyl sites for hydroxylation is 1. The first-order chi connectivity index (χ1) is 18.6. The summed E-state index contributed by atoms with van der Waals surface area (Å²) in [5, 5.41) is 0. The molecule has 1 aromatic heterocycles. The van der Waals surface area contributed by atoms with Gasteiger partial charge in [0.2, 0.25) is 0 Å². The zero-order valence-electron chi connectivity index (χ0n) is 24.2. The van der Waals surface area contributed by atoms with Crippen molar-refractivity contribution in [3.63, 3.8) is 0 Å². The number of carbonyl (C=O) groups excluding carboxylic acids is 2. The smallest absolute Gasteiger partial charge is 0.410 e. The second-order valence-corrected chi connectivity index (χ2v) is 11.2. The average Bonchev–Trinajstić information content (AvgIpc) is 2.92. The molecule has 0 atom stereocenters. The Bertz CT molecular complexity index is 1150. The van der Waals surface area contributed by atoms with Crippen molar-refractivity contribution in [3.05, 3.63) is 41.6 Å². The molecule has 2 saturated heterocycles. The molecule has 212 valence electrons. The average molecular weight is 539 g/mol. The van der Waals surface area contributed by atoms with Crippen molar-refractivity contribution in [1.29, 1.82) is 0 Å². The normalized spacial score (nSPS) is 16.7. The lowest BCUT2D eigenvalue weighted by Gasteiger charge is -2.37. The summed E-state index contributed by atoms with van der Waals surface area (Å²) in [6.45, 7) is 14.6. The number of hydrogen-bond donors (Lipinski definition) is 0. The summed E-state index contributed by atoms with van der Waals surface area (Å²) < 4.78 is 16.3. The van der Waals surface area contributed by atoms with Gasteiger partial charge in [-0.1, -0.05) is 0 Å². The highest BCUT2D eigenvalue weighted by molar-refractivity contribution is 6.01. The van der Waals surface area contributed by atoms with E-state index in [2.05, 4.69) is 22.8 Å². The number of pyridine rings is 1. The van der Waals surface area contributed by atoms with Crippen molar-refractivity contribution in [2.45, 2.75) is 59.1 Å². The van der Waals surface area contributed by atoms with Gasteiger partial charge in [-0.15, -0.1) is 0 Å². The van der Waals surface area contributed by atoms with Crippen LogP contribution in [0.5, 0.6) is 0 Å². The monoisotopic (exact) mass is 538 g/mol. The fourth-order valence-electron chi connectivity index (χ4n) is 5.36. The van der Waals surface area contributed by atoms with E-state index in [1.165, 1.54) is 7.11 Å². The van der Waals surface area contributed by atoms with Gasteiger partial charge in [0.1, 0.15) is 11.4 Å². The Labute approximate surface area is 232 Å². The highest BCUT2D eigenvalue weighted by Gasteiger charge is 2.28. The molecule has 0 spiro atoms. The van der Waals surface area contributed by atoms with Crippen LogP contribution in [-0.4, -0.2) is 86.6 Å². The minimum atomic E-state index is -0.512. The maximum atomic E-state index is 13.0. The van der Waals surface area contributed by atoms with Gasteiger partial charge < -0.3 is 28.9 Å². The summed E-state index contributed by atoms with van der Waals surface area (Å²) in [5.41, 5.74) is 3.76. The number of benzene rings is 1. The molecule has 2 aliphatic rings. The Kier molecular flexibility index (Phi) is 9.00. The van der Waals surface area contributed by atoms with E-state index in [9.17, 15) is 9.59 Å². The van der Waals surface area contributed by atoms with Crippen LogP contribution in [0, 0.1) is 6.92 Å². The number of methoxy groups -OCH3 is 1. The van der Waals surface area contributed by atoms with Gasteiger partial charge in [0.05, 0.1) is 12.7 Å². The summed E-state index contributed by atoms with van der Waals surface area (Å²) in [6.07, 6.45) is 3.45. The highest BCUT2D eigenvalue weighted by atomic mass is 16.6. The van der Waals surface area contributed by atoms with Gasteiger partial charge in [-0.2, -0.15) is 0 Å². The molecule has 0 saturated carbocycles. The summed E-state index contributed by atoms with van der Waals surface area (Å²) in [7, 11) is 1.42. The molecule has 4 rings (SSSR count). The van der Waals surface area contributed by atoms with Crippen LogP contribution in [0.15, 0.2) is 30.5 Å². The van der Waals surface area contributed by atoms with Crippen molar-refractivity contribution in [2.75, 3.05) is 62.8 Å². The molecule has 9 nitrogen and oxygen atoms in total. The fraction of sp³-hybridized carbons (Fsp3) is 0.567. The molecule has 2 fully saturated rings. The molecule has 0 N–H and O–H groups in total. The second-order valence-electron chi connectivity index (χ2n) is 11.2. The molecule has 3 heterocycles. The lowest BCUT2D eigenvalue weighted by Crippen LogP contribution is -2.50. The Hall–Kier alpha value is -3.33. The molecular weight excluding hydrogens is 496 g/mol. The topological polar surface area (TPSA) is 84.4 Å². The summed E-state index contributed by atoms with van der Waals surface area (Å²) in [5.74, 6) is 0.480. The van der Waals surface area contributed by atoms with Crippen LogP contribution < -0.4 is 9.80 Å². The van der Waals surface area contributed by atoms with E-state index in [-0.39, 0.29) is 12.1 Å². The van der Waals surface area contributed by atoms with Crippen LogP contribution in [0.2, 0.25) is 0 Å². The van der Waals surface area contributed by atoms with Crippen LogP contribution >= 0.6 is 0 Å². The van der Waals surface area contributed by atoms with Gasteiger partial charge in [-0.05, 0) is 77.3 Å². The predicted molar refractivity (Wildman–Crippen MR) is 153 cm³/mol. The number of ether oxygens (including phenoxy) is 3. The van der Waals surface area contributed by atoms with Crippen LogP contribution in [0.1, 0.15) is 56.5 Å². The Morgan fingerprint density at radius 3 is 2.36 bits per heavy atom. The molecule has 0 bridgehead atoms. The third-order valence-corrected chi connectivity index (χ3v) is 7.24. The van der Waals surface area contributed by atoms with Crippen LogP contribution in [-0.2, 0) is 14.2 Å². The second kappa shape index (κ2) is 12.2. The number of hydrogen-bond acceptors (Lipinski definition) is 8. The SMILES string of the molecule is CCN(c1cc(C)cc(C(=O)OC)c1-c1ccc(N2CCN(C(=O)OC(C)(C)C)CC2)nc1)C1CCOCC1. The van der Waals surface area contributed by atoms with Crippen molar-refractivity contribution in [3.8, 4) is 11.1 Å². The first-order valence-electron chi connectivity index (χ1n) is 13.9. The fourth-order valence-corrected chi connectivity index (χ4v) is 5.36. The van der Waals surface area contributed by atoms with E-state index in [0.29, 0.717) is 37.8 Å². The summed E-state index contributed by atoms with van der Waals surface area (Å²) >= 11 is 0. The Morgan fingerprint density at radius 2 is 1.79 bits per heavy atom. The van der Waals surface area contributed by atoms with Crippen LogP contribution in [0.3, 0.4) is 0 Å². The third kappa shape index (κ3) is 6.82. The number of rotatable bonds is 6. The zero-order valence-corrected chi connectivity index (χ0v) is 24.2. The third-order valence-electron chi connectivity index (χ3n) is 7.24. The molecule has 9 heteroatoms.